The van der Waals surface area contributed by atoms with Crippen LogP contribution in [0.4, 0.5) is 0 Å². The SMILES string of the molecule is CC1(C)CC2(CC(C)(C)N1[O])c1c3c4c5c6c2c2c7c8c1c1c3c3c9c4c4c5c5c%10c6c2c2c6c7c7c8c8c1c1c3c3c9c9c4c4c5c5c%10c2c2c6c6c7c7c8c1c1c3c3c9c4c4c5c2c2c6c7c1c3c42. The van der Waals surface area contributed by atoms with Crippen molar-refractivity contribution in [3.63, 3.8) is 0 Å². The van der Waals surface area contributed by atoms with Gasteiger partial charge in [-0.05, 0) is 364 Å². The molecular formula is C69H16NO. The maximum Gasteiger partial charge on any atom is 0.0455 e. The van der Waals surface area contributed by atoms with E-state index in [-0.39, 0.29) is 5.41 Å². The molecule has 0 atom stereocenters. The molecule has 0 N–H and O–H groups in total. The van der Waals surface area contributed by atoms with E-state index in [0.717, 1.165) is 12.8 Å². The summed E-state index contributed by atoms with van der Waals surface area (Å²) >= 11 is 0. The first-order chi connectivity index (χ1) is 34.8. The first-order valence-electron chi connectivity index (χ1n) is 26.8. The molecule has 0 amide bonds. The van der Waals surface area contributed by atoms with Crippen molar-refractivity contribution in [1.82, 2.24) is 5.06 Å². The summed E-state index contributed by atoms with van der Waals surface area (Å²) in [5, 5.41) is 111. The third-order valence-corrected chi connectivity index (χ3v) is 25.8. The molecule has 30 aromatic carbocycles. The third-order valence-electron chi connectivity index (χ3n) is 25.8. The Morgan fingerprint density at radius 1 is 0.197 bits per heavy atom. The maximum absolute atomic E-state index is 15.2. The van der Waals surface area contributed by atoms with Crippen molar-refractivity contribution in [2.45, 2.75) is 57.0 Å². The Balaban J connectivity index is 1.20. The standard InChI is InChI=1S/C69H16NO/c1-67(2)5-69(6-68(3,4)70(67)71)65-61-53-45-35-25-17-9-7-8-11-15-13(9)21-29-23(15)33-27-19(11)20-12(8)16-14-10(7)18(17)26-32-22(14)30-24(16)34-28(20)38-37(27)47-41(33)51-43(29)49(39(45)31(21)25)57(61)59(51)63-55(47)56-48(38)42(34)52-44(30)50-40(32)46(36(26)35)54(53)62(65)58(50)60(52)64(56)66(63)69/h5-6H2,1-4H3. The van der Waals surface area contributed by atoms with Crippen LogP contribution in [0.3, 0.4) is 0 Å². The fraction of sp³-hybridized carbons (Fsp3) is 0.130. The number of nitrogens with zero attached hydrogens (tertiary/aromatic N) is 1. The van der Waals surface area contributed by atoms with Crippen molar-refractivity contribution < 1.29 is 5.21 Å². The molecule has 0 unspecified atom stereocenters. The number of hydrogen-bond acceptors (Lipinski definition) is 1. The van der Waals surface area contributed by atoms with E-state index in [0.29, 0.717) is 0 Å². The highest BCUT2D eigenvalue weighted by atomic mass is 16.5. The molecule has 0 aromatic heterocycles. The van der Waals surface area contributed by atoms with E-state index in [1.165, 1.54) is 0 Å². The monoisotopic (exact) mass is 874 g/mol. The van der Waals surface area contributed by atoms with Crippen molar-refractivity contribution in [3.05, 3.63) is 11.1 Å². The minimum absolute atomic E-state index is 0.377. The summed E-state index contributed by atoms with van der Waals surface area (Å²) in [7, 11) is 0. The third kappa shape index (κ3) is 1.52. The molecule has 2 nitrogen and oxygen atoms in total. The number of hydroxylamine groups is 2. The fourth-order valence-corrected chi connectivity index (χ4v) is 25.9. The van der Waals surface area contributed by atoms with E-state index in [2.05, 4.69) is 27.7 Å². The molecule has 71 heavy (non-hydrogen) atoms. The van der Waals surface area contributed by atoms with Gasteiger partial charge in [-0.15, -0.1) is 10.3 Å². The molecule has 0 saturated carbocycles. The largest absolute Gasteiger partial charge is 0.144 e. The highest BCUT2D eigenvalue weighted by Gasteiger charge is 2.61. The second kappa shape index (κ2) is 6.10. The fourth-order valence-electron chi connectivity index (χ4n) is 25.9. The summed E-state index contributed by atoms with van der Waals surface area (Å²) in [4.78, 5) is 0. The Kier molecular flexibility index (Phi) is 2.36. The van der Waals surface area contributed by atoms with Gasteiger partial charge in [-0.2, -0.15) is 0 Å². The zero-order valence-electron chi connectivity index (χ0n) is 37.8. The molecular weight excluding hydrogens is 859 g/mol. The highest BCUT2D eigenvalue weighted by Crippen LogP contribution is 2.81. The summed E-state index contributed by atoms with van der Waals surface area (Å²) < 4.78 is 0. The molecule has 30 aromatic rings. The van der Waals surface area contributed by atoms with Gasteiger partial charge in [0.15, 0.2) is 0 Å². The minimum Gasteiger partial charge on any atom is -0.144 e. The van der Waals surface area contributed by atoms with Crippen LogP contribution >= 0.6 is 0 Å². The van der Waals surface area contributed by atoms with Gasteiger partial charge in [0.25, 0.3) is 0 Å². The molecule has 33 rings (SSSR count). The smallest absolute Gasteiger partial charge is 0.0455 e. The molecule has 1 fully saturated rings. The van der Waals surface area contributed by atoms with Gasteiger partial charge in [-0.3, -0.25) is 0 Å². The molecule has 1 heterocycles. The molecule has 2 heteroatoms. The zero-order chi connectivity index (χ0) is 43.1. The lowest BCUT2D eigenvalue weighted by Gasteiger charge is -2.56. The van der Waals surface area contributed by atoms with Crippen molar-refractivity contribution in [3.8, 4) is 0 Å². The van der Waals surface area contributed by atoms with Crippen LogP contribution in [-0.4, -0.2) is 16.1 Å². The van der Waals surface area contributed by atoms with E-state index in [1.807, 2.05) is 0 Å². The summed E-state index contributed by atoms with van der Waals surface area (Å²) in [6, 6.07) is 0. The maximum atomic E-state index is 15.2. The van der Waals surface area contributed by atoms with E-state index in [4.69, 9.17) is 0 Å². The van der Waals surface area contributed by atoms with Crippen LogP contribution in [0, 0.1) is 0 Å². The summed E-state index contributed by atoms with van der Waals surface area (Å²) in [5.74, 6) is 0. The van der Waals surface area contributed by atoms with Crippen LogP contribution in [-0.2, 0) is 10.6 Å². The quantitative estimate of drug-likeness (QED) is 0.139. The van der Waals surface area contributed by atoms with E-state index in [9.17, 15) is 0 Å². The number of rotatable bonds is 0. The first-order valence-corrected chi connectivity index (χ1v) is 26.8. The van der Waals surface area contributed by atoms with Gasteiger partial charge in [0.05, 0.1) is 0 Å². The van der Waals surface area contributed by atoms with Gasteiger partial charge < -0.3 is 0 Å². The number of benzene rings is 18. The van der Waals surface area contributed by atoms with Gasteiger partial charge in [0.2, 0.25) is 0 Å². The molecule has 1 aliphatic heterocycles. The number of piperidine rings is 1. The van der Waals surface area contributed by atoms with Crippen molar-refractivity contribution in [2.75, 3.05) is 0 Å². The van der Waals surface area contributed by atoms with Gasteiger partial charge >= 0.3 is 0 Å². The van der Waals surface area contributed by atoms with Crippen LogP contribution in [0.5, 0.6) is 0 Å². The van der Waals surface area contributed by atoms with E-state index >= 15 is 5.21 Å². The Morgan fingerprint density at radius 3 is 0.408 bits per heavy atom. The lowest BCUT2D eigenvalue weighted by atomic mass is 9.58. The summed E-state index contributed by atoms with van der Waals surface area (Å²) in [6.07, 6.45) is 1.66. The molecule has 1 saturated heterocycles. The van der Waals surface area contributed by atoms with Crippen molar-refractivity contribution in [2.24, 2.45) is 0 Å². The topological polar surface area (TPSA) is 23.1 Å². The average Bonchev–Trinajstić information content (AvgIpc) is 4.32. The summed E-state index contributed by atoms with van der Waals surface area (Å²) in [6.45, 7) is 9.29. The van der Waals surface area contributed by atoms with Crippen molar-refractivity contribution >= 4 is 312 Å². The zero-order valence-corrected chi connectivity index (χ0v) is 37.8. The van der Waals surface area contributed by atoms with Crippen LogP contribution in [0.1, 0.15) is 51.7 Å². The Labute approximate surface area is 388 Å². The Bertz CT molecular complexity index is 6720. The van der Waals surface area contributed by atoms with E-state index < -0.39 is 11.1 Å². The molecule has 1 radical (unpaired) electrons. The Hall–Kier alpha value is -7.88. The normalized spacial score (nSPS) is 20.9. The van der Waals surface area contributed by atoms with Crippen molar-refractivity contribution in [1.29, 1.82) is 0 Å². The van der Waals surface area contributed by atoms with E-state index in [1.54, 1.807) is 329 Å². The second-order valence-corrected chi connectivity index (χ2v) is 27.9. The van der Waals surface area contributed by atoms with Gasteiger partial charge in [-0.25, -0.2) is 0 Å². The summed E-state index contributed by atoms with van der Waals surface area (Å²) in [5.41, 5.74) is 1.74. The van der Waals surface area contributed by atoms with Crippen LogP contribution in [0.15, 0.2) is 0 Å². The van der Waals surface area contributed by atoms with Gasteiger partial charge in [0.1, 0.15) is 0 Å². The molecule has 303 valence electrons. The van der Waals surface area contributed by atoms with Gasteiger partial charge in [-0.1, -0.05) is 0 Å². The predicted octanol–water partition coefficient (Wildman–Crippen LogP) is 19.3. The molecule has 2 bridgehead atoms. The highest BCUT2D eigenvalue weighted by molar-refractivity contribution is 6.84. The van der Waals surface area contributed by atoms with Crippen LogP contribution in [0.25, 0.3) is 312 Å². The van der Waals surface area contributed by atoms with Crippen LogP contribution < -0.4 is 0 Å². The molecule has 1 spiro atoms. The molecule has 3 aliphatic rings. The lowest BCUT2D eigenvalue weighted by molar-refractivity contribution is -0.294. The number of hydrogen-bond donors (Lipinski definition) is 0. The molecule has 2 aliphatic carbocycles. The first kappa shape index (κ1) is 27.5. The second-order valence-electron chi connectivity index (χ2n) is 27.9. The Morgan fingerprint density at radius 2 is 0.296 bits per heavy atom. The lowest BCUT2D eigenvalue weighted by Crippen LogP contribution is -2.62. The van der Waals surface area contributed by atoms with Gasteiger partial charge in [0, 0.05) is 16.5 Å². The predicted molar refractivity (Wildman–Crippen MR) is 302 cm³/mol. The minimum atomic E-state index is -0.586. The van der Waals surface area contributed by atoms with Crippen LogP contribution in [0.2, 0.25) is 0 Å². The average molecular weight is 875 g/mol.